The van der Waals surface area contributed by atoms with Gasteiger partial charge in [-0.2, -0.15) is 0 Å². The second-order valence-corrected chi connectivity index (χ2v) is 10.2. The monoisotopic (exact) mass is 249 g/mol. The highest BCUT2D eigenvalue weighted by molar-refractivity contribution is 6.70. The normalized spacial score (nSPS) is 21.2. The van der Waals surface area contributed by atoms with Crippen molar-refractivity contribution in [2.75, 3.05) is 6.54 Å². The van der Waals surface area contributed by atoms with E-state index in [1.165, 1.54) is 24.8 Å². The van der Waals surface area contributed by atoms with Gasteiger partial charge in [-0.3, -0.25) is 0 Å². The fraction of sp³-hybridized carbons (Fsp3) is 0.571. The molecule has 1 aliphatic rings. The zero-order valence-corrected chi connectivity index (χ0v) is 12.1. The smallest absolute Gasteiger partial charge is 0.242 e. The van der Waals surface area contributed by atoms with Crippen LogP contribution in [0.4, 0.5) is 0 Å². The van der Waals surface area contributed by atoms with Crippen LogP contribution in [0, 0.1) is 0 Å². The average Bonchev–Trinajstić information content (AvgIpc) is 2.28. The minimum atomic E-state index is -1.49. The molecule has 0 bridgehead atoms. The van der Waals surface area contributed by atoms with Crippen LogP contribution in [0.5, 0.6) is 5.75 Å². The van der Waals surface area contributed by atoms with Crippen molar-refractivity contribution in [3.8, 4) is 5.75 Å². The number of nitrogens with one attached hydrogen (secondary N) is 1. The zero-order valence-electron chi connectivity index (χ0n) is 11.1. The Bertz CT molecular complexity index is 367. The van der Waals surface area contributed by atoms with Crippen LogP contribution in [0.15, 0.2) is 24.3 Å². The SMILES string of the molecule is C[Si](C)(C)Oc1cccc(C2CCCCN2)c1. The highest BCUT2D eigenvalue weighted by Crippen LogP contribution is 2.26. The van der Waals surface area contributed by atoms with E-state index in [1.807, 2.05) is 0 Å². The van der Waals surface area contributed by atoms with Gasteiger partial charge >= 0.3 is 0 Å². The molecule has 1 saturated heterocycles. The Hall–Kier alpha value is -0.803. The van der Waals surface area contributed by atoms with Crippen molar-refractivity contribution in [3.63, 3.8) is 0 Å². The molecule has 2 rings (SSSR count). The number of hydrogen-bond donors (Lipinski definition) is 1. The molecule has 1 aliphatic heterocycles. The lowest BCUT2D eigenvalue weighted by atomic mass is 9.97. The van der Waals surface area contributed by atoms with Crippen LogP contribution in [-0.2, 0) is 0 Å². The number of piperidine rings is 1. The van der Waals surface area contributed by atoms with Gasteiger partial charge in [0.25, 0.3) is 0 Å². The molecule has 0 aliphatic carbocycles. The molecule has 0 amide bonds. The molecular weight excluding hydrogens is 226 g/mol. The molecule has 0 spiro atoms. The van der Waals surface area contributed by atoms with Gasteiger partial charge < -0.3 is 9.74 Å². The molecule has 1 unspecified atom stereocenters. The van der Waals surface area contributed by atoms with Gasteiger partial charge in [0.2, 0.25) is 8.32 Å². The predicted molar refractivity (Wildman–Crippen MR) is 75.0 cm³/mol. The number of benzene rings is 1. The van der Waals surface area contributed by atoms with Gasteiger partial charge in [-0.05, 0) is 56.7 Å². The summed E-state index contributed by atoms with van der Waals surface area (Å²) in [5.74, 6) is 1.04. The Morgan fingerprint density at radius 1 is 1.24 bits per heavy atom. The lowest BCUT2D eigenvalue weighted by Crippen LogP contribution is -2.30. The fourth-order valence-corrected chi connectivity index (χ4v) is 3.12. The maximum absolute atomic E-state index is 6.04. The van der Waals surface area contributed by atoms with Gasteiger partial charge in [0.1, 0.15) is 5.75 Å². The summed E-state index contributed by atoms with van der Waals surface area (Å²) in [4.78, 5) is 0. The third-order valence-electron chi connectivity index (χ3n) is 2.99. The van der Waals surface area contributed by atoms with Crippen molar-refractivity contribution in [1.82, 2.24) is 5.32 Å². The number of hydrogen-bond acceptors (Lipinski definition) is 2. The van der Waals surface area contributed by atoms with Gasteiger partial charge in [0, 0.05) is 6.04 Å². The zero-order chi connectivity index (χ0) is 12.3. The van der Waals surface area contributed by atoms with Crippen LogP contribution in [0.3, 0.4) is 0 Å². The lowest BCUT2D eigenvalue weighted by molar-refractivity contribution is 0.411. The molecule has 0 aromatic heterocycles. The van der Waals surface area contributed by atoms with Crippen LogP contribution < -0.4 is 9.74 Å². The Morgan fingerprint density at radius 2 is 2.06 bits per heavy atom. The van der Waals surface area contributed by atoms with Gasteiger partial charge in [-0.15, -0.1) is 0 Å². The van der Waals surface area contributed by atoms with Crippen molar-refractivity contribution in [3.05, 3.63) is 29.8 Å². The Balaban J connectivity index is 2.10. The van der Waals surface area contributed by atoms with E-state index >= 15 is 0 Å². The second-order valence-electron chi connectivity index (χ2n) is 5.79. The molecule has 0 saturated carbocycles. The molecule has 1 N–H and O–H groups in total. The molecule has 17 heavy (non-hydrogen) atoms. The first-order valence-corrected chi connectivity index (χ1v) is 9.98. The molecule has 1 aromatic rings. The van der Waals surface area contributed by atoms with E-state index in [1.54, 1.807) is 0 Å². The van der Waals surface area contributed by atoms with Gasteiger partial charge in [-0.1, -0.05) is 18.6 Å². The van der Waals surface area contributed by atoms with E-state index in [9.17, 15) is 0 Å². The van der Waals surface area contributed by atoms with E-state index in [-0.39, 0.29) is 0 Å². The van der Waals surface area contributed by atoms with Gasteiger partial charge in [-0.25, -0.2) is 0 Å². The maximum atomic E-state index is 6.04. The second kappa shape index (κ2) is 5.23. The van der Waals surface area contributed by atoms with Crippen LogP contribution in [0.2, 0.25) is 19.6 Å². The first-order chi connectivity index (χ1) is 8.04. The predicted octanol–water partition coefficient (Wildman–Crippen LogP) is 3.71. The van der Waals surface area contributed by atoms with Crippen molar-refractivity contribution in [2.24, 2.45) is 0 Å². The minimum Gasteiger partial charge on any atom is -0.544 e. The molecule has 1 fully saturated rings. The number of rotatable bonds is 3. The van der Waals surface area contributed by atoms with E-state index in [0.717, 1.165) is 12.3 Å². The van der Waals surface area contributed by atoms with E-state index in [2.05, 4.69) is 49.2 Å². The van der Waals surface area contributed by atoms with Crippen LogP contribution in [-0.4, -0.2) is 14.9 Å². The van der Waals surface area contributed by atoms with Crippen LogP contribution >= 0.6 is 0 Å². The van der Waals surface area contributed by atoms with Crippen molar-refractivity contribution in [1.29, 1.82) is 0 Å². The first-order valence-electron chi connectivity index (χ1n) is 6.57. The Labute approximate surface area is 106 Å². The summed E-state index contributed by atoms with van der Waals surface area (Å²) >= 11 is 0. The molecule has 1 aromatic carbocycles. The summed E-state index contributed by atoms with van der Waals surface area (Å²) in [6.07, 6.45) is 3.88. The molecule has 94 valence electrons. The summed E-state index contributed by atoms with van der Waals surface area (Å²) in [5.41, 5.74) is 1.38. The fourth-order valence-electron chi connectivity index (χ4n) is 2.28. The Kier molecular flexibility index (Phi) is 3.89. The summed E-state index contributed by atoms with van der Waals surface area (Å²) in [5, 5.41) is 3.58. The summed E-state index contributed by atoms with van der Waals surface area (Å²) < 4.78 is 6.04. The standard InChI is InChI=1S/C14H23NOSi/c1-17(2,3)16-13-8-6-7-12(11-13)14-9-4-5-10-15-14/h6-8,11,14-15H,4-5,9-10H2,1-3H3. The van der Waals surface area contributed by atoms with Gasteiger partial charge in [0.05, 0.1) is 0 Å². The third kappa shape index (κ3) is 3.86. The molecule has 0 radical (unpaired) electrons. The summed E-state index contributed by atoms with van der Waals surface area (Å²) in [6, 6.07) is 9.13. The van der Waals surface area contributed by atoms with Crippen molar-refractivity contribution in [2.45, 2.75) is 44.9 Å². The van der Waals surface area contributed by atoms with Crippen molar-refractivity contribution < 1.29 is 4.43 Å². The van der Waals surface area contributed by atoms with E-state index < -0.39 is 8.32 Å². The molecule has 1 atom stereocenters. The van der Waals surface area contributed by atoms with Gasteiger partial charge in [0.15, 0.2) is 0 Å². The van der Waals surface area contributed by atoms with Crippen LogP contribution in [0.1, 0.15) is 30.9 Å². The third-order valence-corrected chi connectivity index (χ3v) is 3.84. The molecule has 2 nitrogen and oxygen atoms in total. The molecule has 1 heterocycles. The topological polar surface area (TPSA) is 21.3 Å². The van der Waals surface area contributed by atoms with Crippen LogP contribution in [0.25, 0.3) is 0 Å². The summed E-state index contributed by atoms with van der Waals surface area (Å²) in [7, 11) is -1.49. The minimum absolute atomic E-state index is 0.522. The maximum Gasteiger partial charge on any atom is 0.242 e. The van der Waals surface area contributed by atoms with E-state index in [4.69, 9.17) is 4.43 Å². The Morgan fingerprint density at radius 3 is 2.71 bits per heavy atom. The van der Waals surface area contributed by atoms with Crippen molar-refractivity contribution >= 4 is 8.32 Å². The highest BCUT2D eigenvalue weighted by Gasteiger charge is 2.18. The lowest BCUT2D eigenvalue weighted by Gasteiger charge is -2.25. The quantitative estimate of drug-likeness (QED) is 0.825. The van der Waals surface area contributed by atoms with E-state index in [0.29, 0.717) is 6.04 Å². The first kappa shape index (κ1) is 12.6. The summed E-state index contributed by atoms with van der Waals surface area (Å²) in [6.45, 7) is 7.80. The highest BCUT2D eigenvalue weighted by atomic mass is 28.4. The molecular formula is C14H23NOSi. The molecule has 3 heteroatoms. The largest absolute Gasteiger partial charge is 0.544 e. The average molecular weight is 249 g/mol.